The topological polar surface area (TPSA) is 24.5 Å². The minimum Gasteiger partial charge on any atom is -0.406 e. The molecular formula is C27H29F3N2OS. The van der Waals surface area contributed by atoms with Gasteiger partial charge in [-0.15, -0.1) is 13.2 Å². The van der Waals surface area contributed by atoms with Crippen molar-refractivity contribution in [2.45, 2.75) is 25.6 Å². The maximum Gasteiger partial charge on any atom is 0.573 e. The van der Waals surface area contributed by atoms with Gasteiger partial charge in [-0.1, -0.05) is 42.5 Å². The third kappa shape index (κ3) is 7.10. The van der Waals surface area contributed by atoms with Crippen LogP contribution < -0.4 is 15.0 Å². The highest BCUT2D eigenvalue weighted by atomic mass is 32.2. The molecule has 1 fully saturated rings. The molecule has 0 bridgehead atoms. The summed E-state index contributed by atoms with van der Waals surface area (Å²) in [5, 5.41) is 3.52. The minimum atomic E-state index is -4.69. The van der Waals surface area contributed by atoms with E-state index in [1.54, 1.807) is 12.1 Å². The molecule has 0 unspecified atom stereocenters. The first-order valence-corrected chi connectivity index (χ1v) is 12.7. The molecule has 3 aromatic rings. The predicted molar refractivity (Wildman–Crippen MR) is 136 cm³/mol. The predicted octanol–water partition coefficient (Wildman–Crippen LogP) is 7.24. The molecule has 1 N–H and O–H groups in total. The van der Waals surface area contributed by atoms with E-state index in [0.29, 0.717) is 0 Å². The number of halogens is 3. The van der Waals surface area contributed by atoms with Crippen LogP contribution in [-0.2, 0) is 6.42 Å². The Morgan fingerprint density at radius 3 is 2.32 bits per heavy atom. The summed E-state index contributed by atoms with van der Waals surface area (Å²) in [6, 6.07) is 23.0. The number of thioether (sulfide) groups is 1. The van der Waals surface area contributed by atoms with Crippen LogP contribution in [0.1, 0.15) is 18.4 Å². The van der Waals surface area contributed by atoms with Crippen LogP contribution in [0.15, 0.2) is 72.8 Å². The number of ether oxygens (including phenoxy) is 1. The van der Waals surface area contributed by atoms with Crippen molar-refractivity contribution in [3.8, 4) is 16.9 Å². The number of rotatable bonds is 9. The van der Waals surface area contributed by atoms with Gasteiger partial charge in [0.05, 0.1) is 0 Å². The molecule has 0 saturated carbocycles. The molecule has 1 heterocycles. The Kier molecular flexibility index (Phi) is 8.27. The van der Waals surface area contributed by atoms with Crippen molar-refractivity contribution in [3.05, 3.63) is 78.4 Å². The summed E-state index contributed by atoms with van der Waals surface area (Å²) in [6.07, 6.45) is -1.47. The van der Waals surface area contributed by atoms with Gasteiger partial charge in [0, 0.05) is 48.1 Å². The van der Waals surface area contributed by atoms with Gasteiger partial charge in [-0.2, -0.15) is 11.8 Å². The Balaban J connectivity index is 1.45. The minimum absolute atomic E-state index is 0.208. The van der Waals surface area contributed by atoms with E-state index >= 15 is 0 Å². The van der Waals surface area contributed by atoms with E-state index < -0.39 is 6.36 Å². The summed E-state index contributed by atoms with van der Waals surface area (Å²) >= 11 is 1.94. The summed E-state index contributed by atoms with van der Waals surface area (Å²) in [5.41, 5.74) is 5.36. The molecule has 180 valence electrons. The van der Waals surface area contributed by atoms with Crippen LogP contribution in [0.2, 0.25) is 0 Å². The molecule has 3 aromatic carbocycles. The first kappa shape index (κ1) is 24.3. The smallest absolute Gasteiger partial charge is 0.406 e. The molecule has 0 atom stereocenters. The SMILES string of the molecule is FC(F)(F)Oc1ccc(-c2cc(NCCCCc3ccccc3)ccc2N2CCSCC2)cc1. The molecular weight excluding hydrogens is 457 g/mol. The van der Waals surface area contributed by atoms with Crippen molar-refractivity contribution in [2.24, 2.45) is 0 Å². The maximum atomic E-state index is 12.6. The van der Waals surface area contributed by atoms with Crippen molar-refractivity contribution < 1.29 is 17.9 Å². The zero-order chi connectivity index (χ0) is 23.8. The second-order valence-corrected chi connectivity index (χ2v) is 9.50. The number of nitrogens with one attached hydrogen (secondary N) is 1. The largest absolute Gasteiger partial charge is 0.573 e. The van der Waals surface area contributed by atoms with E-state index in [-0.39, 0.29) is 5.75 Å². The number of hydrogen-bond acceptors (Lipinski definition) is 4. The van der Waals surface area contributed by atoms with Gasteiger partial charge >= 0.3 is 6.36 Å². The van der Waals surface area contributed by atoms with Gasteiger partial charge in [-0.25, -0.2) is 0 Å². The molecule has 7 heteroatoms. The van der Waals surface area contributed by atoms with E-state index in [2.05, 4.69) is 57.4 Å². The molecule has 0 spiro atoms. The van der Waals surface area contributed by atoms with Gasteiger partial charge < -0.3 is 15.0 Å². The van der Waals surface area contributed by atoms with Crippen molar-refractivity contribution >= 4 is 23.1 Å². The Hall–Kier alpha value is -2.80. The number of alkyl halides is 3. The summed E-state index contributed by atoms with van der Waals surface area (Å²) in [4.78, 5) is 2.36. The average Bonchev–Trinajstić information content (AvgIpc) is 2.84. The highest BCUT2D eigenvalue weighted by Crippen LogP contribution is 2.36. The van der Waals surface area contributed by atoms with Crippen molar-refractivity contribution in [1.29, 1.82) is 0 Å². The van der Waals surface area contributed by atoms with Gasteiger partial charge in [-0.3, -0.25) is 0 Å². The van der Waals surface area contributed by atoms with Gasteiger partial charge in [0.25, 0.3) is 0 Å². The van der Waals surface area contributed by atoms with E-state index in [9.17, 15) is 13.2 Å². The van der Waals surface area contributed by atoms with E-state index in [4.69, 9.17) is 0 Å². The quantitative estimate of drug-likeness (QED) is 0.322. The monoisotopic (exact) mass is 486 g/mol. The number of aryl methyl sites for hydroxylation is 1. The molecule has 1 saturated heterocycles. The van der Waals surface area contributed by atoms with Crippen LogP contribution >= 0.6 is 11.8 Å². The normalized spacial score (nSPS) is 14.1. The summed E-state index contributed by atoms with van der Waals surface area (Å²) in [6.45, 7) is 2.78. The number of hydrogen-bond donors (Lipinski definition) is 1. The molecule has 1 aliphatic heterocycles. The van der Waals surface area contributed by atoms with Gasteiger partial charge in [-0.05, 0) is 60.7 Å². The summed E-state index contributed by atoms with van der Waals surface area (Å²) < 4.78 is 41.7. The fourth-order valence-corrected chi connectivity index (χ4v) is 5.03. The lowest BCUT2D eigenvalue weighted by atomic mass is 10.0. The Morgan fingerprint density at radius 1 is 0.882 bits per heavy atom. The highest BCUT2D eigenvalue weighted by molar-refractivity contribution is 7.99. The Bertz CT molecular complexity index is 1040. The molecule has 0 radical (unpaired) electrons. The fraction of sp³-hybridized carbons (Fsp3) is 0.333. The third-order valence-electron chi connectivity index (χ3n) is 5.81. The van der Waals surface area contributed by atoms with E-state index in [1.165, 1.54) is 17.7 Å². The van der Waals surface area contributed by atoms with Crippen molar-refractivity contribution in [3.63, 3.8) is 0 Å². The van der Waals surface area contributed by atoms with Crippen molar-refractivity contribution in [1.82, 2.24) is 0 Å². The number of nitrogens with zero attached hydrogens (tertiary/aromatic N) is 1. The molecule has 0 amide bonds. The highest BCUT2D eigenvalue weighted by Gasteiger charge is 2.31. The first-order chi connectivity index (χ1) is 16.5. The second kappa shape index (κ2) is 11.6. The lowest BCUT2D eigenvalue weighted by Gasteiger charge is -2.31. The van der Waals surface area contributed by atoms with Crippen LogP contribution in [0.4, 0.5) is 24.5 Å². The molecule has 0 aromatic heterocycles. The van der Waals surface area contributed by atoms with Gasteiger partial charge in [0.15, 0.2) is 0 Å². The molecule has 1 aliphatic rings. The van der Waals surface area contributed by atoms with Crippen LogP contribution in [0, 0.1) is 0 Å². The van der Waals surface area contributed by atoms with E-state index in [1.807, 2.05) is 17.8 Å². The molecule has 34 heavy (non-hydrogen) atoms. The summed E-state index contributed by atoms with van der Waals surface area (Å²) in [7, 11) is 0. The zero-order valence-corrected chi connectivity index (χ0v) is 19.8. The van der Waals surface area contributed by atoms with Gasteiger partial charge in [0.2, 0.25) is 0 Å². The average molecular weight is 487 g/mol. The van der Waals surface area contributed by atoms with Crippen LogP contribution in [0.5, 0.6) is 5.75 Å². The Morgan fingerprint density at radius 2 is 1.62 bits per heavy atom. The molecule has 3 nitrogen and oxygen atoms in total. The van der Waals surface area contributed by atoms with Crippen LogP contribution in [0.3, 0.4) is 0 Å². The first-order valence-electron chi connectivity index (χ1n) is 11.6. The lowest BCUT2D eigenvalue weighted by Crippen LogP contribution is -2.32. The fourth-order valence-electron chi connectivity index (χ4n) is 4.12. The molecule has 0 aliphatic carbocycles. The van der Waals surface area contributed by atoms with Crippen molar-refractivity contribution in [2.75, 3.05) is 41.4 Å². The zero-order valence-electron chi connectivity index (χ0n) is 19.0. The van der Waals surface area contributed by atoms with Gasteiger partial charge in [0.1, 0.15) is 5.75 Å². The maximum absolute atomic E-state index is 12.6. The number of anilines is 2. The van der Waals surface area contributed by atoms with Crippen LogP contribution in [0.25, 0.3) is 11.1 Å². The number of benzene rings is 3. The second-order valence-electron chi connectivity index (χ2n) is 8.27. The van der Waals surface area contributed by atoms with E-state index in [0.717, 1.165) is 72.9 Å². The Labute approximate surface area is 203 Å². The third-order valence-corrected chi connectivity index (χ3v) is 6.75. The summed E-state index contributed by atoms with van der Waals surface area (Å²) in [5.74, 6) is 1.93. The number of unbranched alkanes of at least 4 members (excludes halogenated alkanes) is 1. The molecule has 4 rings (SSSR count). The lowest BCUT2D eigenvalue weighted by molar-refractivity contribution is -0.274. The standard InChI is InChI=1S/C27H29F3N2OS/c28-27(29,30)33-24-12-9-22(10-13-24)25-20-23(11-14-26(25)32-16-18-34-19-17-32)31-15-5-4-8-21-6-2-1-3-7-21/h1-3,6-7,9-14,20,31H,4-5,8,15-19H2. The van der Waals surface area contributed by atoms with Crippen LogP contribution in [-0.4, -0.2) is 37.5 Å².